The molecule has 6 heterocycles. The van der Waals surface area contributed by atoms with E-state index in [9.17, 15) is 9.59 Å². The van der Waals surface area contributed by atoms with E-state index in [0.717, 1.165) is 87.9 Å². The molecule has 0 aromatic carbocycles. The van der Waals surface area contributed by atoms with Crippen molar-refractivity contribution in [2.24, 2.45) is 11.8 Å². The van der Waals surface area contributed by atoms with Crippen molar-refractivity contribution < 1.29 is 19.1 Å². The lowest BCUT2D eigenvalue weighted by Crippen LogP contribution is -2.36. The van der Waals surface area contributed by atoms with Crippen molar-refractivity contribution in [1.29, 1.82) is 0 Å². The molecule has 2 amide bonds. The molecule has 2 aliphatic rings. The molecule has 5 nitrogen and oxygen atoms in total. The average Bonchev–Trinajstić information content (AvgIpc) is 4.04. The second-order valence-corrected chi connectivity index (χ2v) is 23.1. The Balaban J connectivity index is 1.47. The highest BCUT2D eigenvalue weighted by atomic mass is 32.1. The minimum absolute atomic E-state index is 0.164. The number of carbonyl (C=O) groups is 2. The molecule has 6 rings (SSSR count). The number of fused-ring (bicyclic) bond motifs is 4. The molecule has 2 aliphatic heterocycles. The first-order valence-corrected chi connectivity index (χ1v) is 25.9. The second-order valence-electron chi connectivity index (χ2n) is 18.9. The lowest BCUT2D eigenvalue weighted by atomic mass is 9.78. The van der Waals surface area contributed by atoms with Crippen molar-refractivity contribution in [1.82, 2.24) is 4.90 Å². The van der Waals surface area contributed by atoms with Gasteiger partial charge in [0.1, 0.15) is 11.4 Å². The normalized spacial score (nSPS) is 16.3. The Hall–Kier alpha value is -3.08. The summed E-state index contributed by atoms with van der Waals surface area (Å²) < 4.78 is 13.0. The number of amides is 2. The van der Waals surface area contributed by atoms with Gasteiger partial charge < -0.3 is 9.47 Å². The lowest BCUT2D eigenvalue weighted by Gasteiger charge is -2.39. The molecule has 4 aromatic rings. The van der Waals surface area contributed by atoms with Crippen LogP contribution in [0.4, 0.5) is 0 Å². The van der Waals surface area contributed by atoms with Gasteiger partial charge in [-0.2, -0.15) is 0 Å². The minimum Gasteiger partial charge on any atom is -0.481 e. The highest BCUT2D eigenvalue weighted by molar-refractivity contribution is 7.29. The number of ether oxygens (including phenoxy) is 2. The Bertz CT molecular complexity index is 2230. The van der Waals surface area contributed by atoms with Gasteiger partial charge in [0.05, 0.1) is 25.8 Å². The van der Waals surface area contributed by atoms with Crippen LogP contribution < -0.4 is 4.74 Å². The second kappa shape index (κ2) is 19.8. The Morgan fingerprint density at radius 3 is 2.13 bits per heavy atom. The minimum atomic E-state index is -0.407. The third kappa shape index (κ3) is 9.72. The van der Waals surface area contributed by atoms with Crippen LogP contribution in [0.3, 0.4) is 0 Å². The van der Waals surface area contributed by atoms with E-state index in [1.807, 2.05) is 35.7 Å². The summed E-state index contributed by atoms with van der Waals surface area (Å²) in [6.45, 7) is 32.2. The molecular formula is C52H69NO4S4. The zero-order valence-electron chi connectivity index (χ0n) is 38.5. The monoisotopic (exact) mass is 899 g/mol. The van der Waals surface area contributed by atoms with E-state index < -0.39 is 5.60 Å². The SMILES string of the molecule is C=CCC(C)(C=C(C)C)c1cc2c(s1)-c1sc(-c3ccc(-c4sc(C(C)(CC=C)CCCC)c5c4C(=O)N(CCCOCC)C5=O)s3)cc1OC2(CCC(C)C)CCC(C)C. The largest absolute Gasteiger partial charge is 0.481 e. The van der Waals surface area contributed by atoms with Crippen molar-refractivity contribution in [2.45, 2.75) is 150 Å². The van der Waals surface area contributed by atoms with Crippen molar-refractivity contribution in [3.8, 4) is 35.0 Å². The van der Waals surface area contributed by atoms with Crippen LogP contribution in [-0.4, -0.2) is 36.5 Å². The maximum Gasteiger partial charge on any atom is 0.263 e. The van der Waals surface area contributed by atoms with Gasteiger partial charge >= 0.3 is 0 Å². The number of nitrogens with zero attached hydrogens (tertiary/aromatic N) is 1. The van der Waals surface area contributed by atoms with Gasteiger partial charge in [-0.1, -0.05) is 85.1 Å². The third-order valence-electron chi connectivity index (χ3n) is 12.4. The van der Waals surface area contributed by atoms with E-state index in [1.165, 1.54) is 30.7 Å². The summed E-state index contributed by atoms with van der Waals surface area (Å²) in [6.07, 6.45) is 15.8. The molecule has 9 heteroatoms. The summed E-state index contributed by atoms with van der Waals surface area (Å²) in [5.74, 6) is 1.75. The summed E-state index contributed by atoms with van der Waals surface area (Å²) in [7, 11) is 0. The summed E-state index contributed by atoms with van der Waals surface area (Å²) >= 11 is 7.12. The van der Waals surface area contributed by atoms with Crippen molar-refractivity contribution in [3.05, 3.63) is 87.7 Å². The molecule has 0 radical (unpaired) electrons. The summed E-state index contributed by atoms with van der Waals surface area (Å²) in [5.41, 5.74) is 2.97. The van der Waals surface area contributed by atoms with Crippen LogP contribution in [0.15, 0.2) is 61.2 Å². The fourth-order valence-corrected chi connectivity index (χ4v) is 14.4. The number of imide groups is 1. The van der Waals surface area contributed by atoms with Gasteiger partial charge in [0.2, 0.25) is 0 Å². The van der Waals surface area contributed by atoms with Crippen molar-refractivity contribution in [2.75, 3.05) is 19.8 Å². The highest BCUT2D eigenvalue weighted by Crippen LogP contribution is 2.59. The van der Waals surface area contributed by atoms with Gasteiger partial charge in [-0.3, -0.25) is 14.5 Å². The van der Waals surface area contributed by atoms with Crippen molar-refractivity contribution >= 4 is 57.2 Å². The Kier molecular flexibility index (Phi) is 15.4. The fourth-order valence-electron chi connectivity index (χ4n) is 9.14. The molecule has 2 unspecified atom stereocenters. The van der Waals surface area contributed by atoms with Crippen LogP contribution in [0.25, 0.3) is 29.3 Å². The quantitative estimate of drug-likeness (QED) is 0.0423. The molecule has 2 atom stereocenters. The first-order valence-electron chi connectivity index (χ1n) is 22.6. The number of hydrogen-bond donors (Lipinski definition) is 0. The molecule has 0 saturated carbocycles. The molecule has 61 heavy (non-hydrogen) atoms. The van der Waals surface area contributed by atoms with Crippen LogP contribution in [0, 0.1) is 11.8 Å². The van der Waals surface area contributed by atoms with Gasteiger partial charge in [0, 0.05) is 66.6 Å². The summed E-state index contributed by atoms with van der Waals surface area (Å²) in [4.78, 5) is 39.3. The number of thiophene rings is 4. The maximum atomic E-state index is 14.4. The lowest BCUT2D eigenvalue weighted by molar-refractivity contribution is 0.0344. The number of hydrogen-bond acceptors (Lipinski definition) is 8. The molecule has 4 aromatic heterocycles. The predicted octanol–water partition coefficient (Wildman–Crippen LogP) is 16.2. The highest BCUT2D eigenvalue weighted by Gasteiger charge is 2.47. The number of unbranched alkanes of at least 4 members (excludes halogenated alkanes) is 1. The average molecular weight is 900 g/mol. The van der Waals surface area contributed by atoms with Crippen LogP contribution in [0.1, 0.15) is 169 Å². The molecule has 0 aliphatic carbocycles. The van der Waals surface area contributed by atoms with E-state index in [0.29, 0.717) is 49.1 Å². The summed E-state index contributed by atoms with van der Waals surface area (Å²) in [6, 6.07) is 9.13. The van der Waals surface area contributed by atoms with Crippen LogP contribution in [0.5, 0.6) is 5.75 Å². The molecule has 0 bridgehead atoms. The van der Waals surface area contributed by atoms with Crippen molar-refractivity contribution in [3.63, 3.8) is 0 Å². The van der Waals surface area contributed by atoms with E-state index in [4.69, 9.17) is 9.47 Å². The van der Waals surface area contributed by atoms with Gasteiger partial charge in [-0.05, 0) is 102 Å². The van der Waals surface area contributed by atoms with Crippen LogP contribution >= 0.6 is 45.3 Å². The Morgan fingerprint density at radius 2 is 1.51 bits per heavy atom. The van der Waals surface area contributed by atoms with E-state index in [1.54, 1.807) is 22.7 Å². The van der Waals surface area contributed by atoms with Gasteiger partial charge in [0.25, 0.3) is 11.8 Å². The molecule has 0 N–H and O–H groups in total. The smallest absolute Gasteiger partial charge is 0.263 e. The predicted molar refractivity (Wildman–Crippen MR) is 264 cm³/mol. The molecule has 0 fully saturated rings. The molecule has 330 valence electrons. The molecule has 0 saturated heterocycles. The molecule has 0 spiro atoms. The standard InChI is InChI=1S/C52H69NO4S4/c1-13-17-25-50(11,23-14-2)47-43-42(48(54)53(49(43)55)28-18-29-56-16-4)46(61-47)39-20-19-38(58-39)40-31-37-45(59-40)44-36(30-41(60-44)51(12,24-15-3)32-35(9)10)52(57-37,26-21-33(5)6)27-22-34(7)8/h14-15,19-20,30-34H,2-3,13,16-18,21-29H2,1,4-12H3. The number of carbonyl (C=O) groups excluding carboxylic acids is 2. The Labute approximate surface area is 383 Å². The van der Waals surface area contributed by atoms with E-state index in [-0.39, 0.29) is 22.6 Å². The van der Waals surface area contributed by atoms with Gasteiger partial charge in [-0.15, -0.1) is 58.5 Å². The zero-order chi connectivity index (χ0) is 44.3. The fraction of sp³-hybridized carbons (Fsp3) is 0.538. The topological polar surface area (TPSA) is 55.8 Å². The van der Waals surface area contributed by atoms with E-state index in [2.05, 4.69) is 112 Å². The number of rotatable bonds is 23. The summed E-state index contributed by atoms with van der Waals surface area (Å²) in [5, 5.41) is 0. The van der Waals surface area contributed by atoms with Gasteiger partial charge in [0.15, 0.2) is 0 Å². The third-order valence-corrected chi connectivity index (χ3v) is 18.1. The number of allylic oxidation sites excluding steroid dienone is 4. The van der Waals surface area contributed by atoms with E-state index >= 15 is 0 Å². The first kappa shape index (κ1) is 47.4. The van der Waals surface area contributed by atoms with Gasteiger partial charge in [-0.25, -0.2) is 0 Å². The molecular weight excluding hydrogens is 831 g/mol. The first-order chi connectivity index (χ1) is 29.0. The Morgan fingerprint density at radius 1 is 0.836 bits per heavy atom. The maximum absolute atomic E-state index is 14.4. The van der Waals surface area contributed by atoms with Crippen LogP contribution in [0.2, 0.25) is 0 Å². The van der Waals surface area contributed by atoms with Crippen LogP contribution in [-0.2, 0) is 21.2 Å². The zero-order valence-corrected chi connectivity index (χ0v) is 41.8.